The Bertz CT molecular complexity index is 448. The Balaban J connectivity index is 1.88. The van der Waals surface area contributed by atoms with Crippen molar-refractivity contribution in [1.29, 1.82) is 0 Å². The van der Waals surface area contributed by atoms with Crippen LogP contribution in [-0.2, 0) is 6.42 Å². The predicted molar refractivity (Wildman–Crippen MR) is 89.9 cm³/mol. The highest BCUT2D eigenvalue weighted by atomic mass is 16.5. The van der Waals surface area contributed by atoms with E-state index in [9.17, 15) is 0 Å². The standard InChI is InChI=1S/C19H31NO/c1-18(2)12-16(13-19(3,4)14-18)20-11-10-15-8-6-7-9-17(15)21-5/h6-9,16,20H,10-14H2,1-5H3. The van der Waals surface area contributed by atoms with E-state index in [4.69, 9.17) is 4.74 Å². The Kier molecular flexibility index (Phi) is 4.98. The molecule has 0 radical (unpaired) electrons. The molecule has 0 amide bonds. The Morgan fingerprint density at radius 1 is 1.10 bits per heavy atom. The minimum Gasteiger partial charge on any atom is -0.496 e. The van der Waals surface area contributed by atoms with Crippen LogP contribution in [0.25, 0.3) is 0 Å². The molecular formula is C19H31NO. The van der Waals surface area contributed by atoms with E-state index in [-0.39, 0.29) is 0 Å². The molecule has 1 aromatic carbocycles. The first-order valence-electron chi connectivity index (χ1n) is 8.17. The molecular weight excluding hydrogens is 258 g/mol. The van der Waals surface area contributed by atoms with E-state index in [0.29, 0.717) is 16.9 Å². The maximum absolute atomic E-state index is 5.43. The van der Waals surface area contributed by atoms with Gasteiger partial charge in [0.25, 0.3) is 0 Å². The van der Waals surface area contributed by atoms with E-state index in [1.54, 1.807) is 7.11 Å². The van der Waals surface area contributed by atoms with Crippen molar-refractivity contribution in [2.24, 2.45) is 10.8 Å². The molecule has 0 saturated heterocycles. The van der Waals surface area contributed by atoms with E-state index < -0.39 is 0 Å². The Labute approximate surface area is 130 Å². The molecule has 1 fully saturated rings. The van der Waals surface area contributed by atoms with Gasteiger partial charge in [-0.1, -0.05) is 45.9 Å². The summed E-state index contributed by atoms with van der Waals surface area (Å²) in [7, 11) is 1.75. The molecule has 0 bridgehead atoms. The molecule has 0 aliphatic heterocycles. The van der Waals surface area contributed by atoms with Gasteiger partial charge in [-0.2, -0.15) is 0 Å². The fourth-order valence-corrected chi connectivity index (χ4v) is 4.31. The third-order valence-electron chi connectivity index (χ3n) is 4.57. The van der Waals surface area contributed by atoms with Crippen LogP contribution >= 0.6 is 0 Å². The molecule has 1 aliphatic rings. The van der Waals surface area contributed by atoms with Crippen LogP contribution in [0.4, 0.5) is 0 Å². The maximum Gasteiger partial charge on any atom is 0.122 e. The number of hydrogen-bond donors (Lipinski definition) is 1. The van der Waals surface area contributed by atoms with Crippen molar-refractivity contribution < 1.29 is 4.74 Å². The number of benzene rings is 1. The summed E-state index contributed by atoms with van der Waals surface area (Å²) in [4.78, 5) is 0. The summed E-state index contributed by atoms with van der Waals surface area (Å²) >= 11 is 0. The SMILES string of the molecule is COc1ccccc1CCNC1CC(C)(C)CC(C)(C)C1. The minimum absolute atomic E-state index is 0.448. The van der Waals surface area contributed by atoms with Gasteiger partial charge < -0.3 is 10.1 Å². The first-order chi connectivity index (χ1) is 9.81. The van der Waals surface area contributed by atoms with Gasteiger partial charge in [-0.05, 0) is 54.7 Å². The summed E-state index contributed by atoms with van der Waals surface area (Å²) in [5.74, 6) is 1.00. The van der Waals surface area contributed by atoms with Crippen LogP contribution in [0.15, 0.2) is 24.3 Å². The zero-order valence-corrected chi connectivity index (χ0v) is 14.3. The normalized spacial score (nSPS) is 21.2. The Morgan fingerprint density at radius 3 is 2.33 bits per heavy atom. The monoisotopic (exact) mass is 289 g/mol. The predicted octanol–water partition coefficient (Wildman–Crippen LogP) is 4.43. The molecule has 2 nitrogen and oxygen atoms in total. The molecule has 2 heteroatoms. The average Bonchev–Trinajstić information content (AvgIpc) is 2.35. The zero-order chi connectivity index (χ0) is 15.5. The maximum atomic E-state index is 5.43. The van der Waals surface area contributed by atoms with Gasteiger partial charge in [0.1, 0.15) is 5.75 Å². The average molecular weight is 289 g/mol. The number of para-hydroxylation sites is 1. The van der Waals surface area contributed by atoms with Gasteiger partial charge in [0.15, 0.2) is 0 Å². The highest BCUT2D eigenvalue weighted by molar-refractivity contribution is 5.33. The minimum atomic E-state index is 0.448. The van der Waals surface area contributed by atoms with Crippen molar-refractivity contribution in [3.05, 3.63) is 29.8 Å². The van der Waals surface area contributed by atoms with Crippen molar-refractivity contribution in [2.45, 2.75) is 59.4 Å². The number of ether oxygens (including phenoxy) is 1. The summed E-state index contributed by atoms with van der Waals surface area (Å²) < 4.78 is 5.43. The molecule has 118 valence electrons. The van der Waals surface area contributed by atoms with Crippen LogP contribution < -0.4 is 10.1 Å². The molecule has 0 unspecified atom stereocenters. The molecule has 1 aliphatic carbocycles. The molecule has 1 aromatic rings. The highest BCUT2D eigenvalue weighted by Gasteiger charge is 2.37. The quantitative estimate of drug-likeness (QED) is 0.865. The largest absolute Gasteiger partial charge is 0.496 e. The fraction of sp³-hybridized carbons (Fsp3) is 0.684. The number of hydrogen-bond acceptors (Lipinski definition) is 2. The molecule has 0 aromatic heterocycles. The third kappa shape index (κ3) is 4.74. The summed E-state index contributed by atoms with van der Waals surface area (Å²) in [6.07, 6.45) is 4.91. The first-order valence-corrected chi connectivity index (χ1v) is 8.17. The van der Waals surface area contributed by atoms with Crippen molar-refractivity contribution in [3.63, 3.8) is 0 Å². The van der Waals surface area contributed by atoms with Gasteiger partial charge in [-0.15, -0.1) is 0 Å². The van der Waals surface area contributed by atoms with Gasteiger partial charge in [0.05, 0.1) is 7.11 Å². The Morgan fingerprint density at radius 2 is 1.71 bits per heavy atom. The molecule has 1 N–H and O–H groups in total. The van der Waals surface area contributed by atoms with Crippen LogP contribution in [0, 0.1) is 10.8 Å². The van der Waals surface area contributed by atoms with Crippen molar-refractivity contribution >= 4 is 0 Å². The number of methoxy groups -OCH3 is 1. The molecule has 21 heavy (non-hydrogen) atoms. The molecule has 0 spiro atoms. The second-order valence-electron chi connectivity index (χ2n) is 8.13. The number of nitrogens with one attached hydrogen (secondary N) is 1. The van der Waals surface area contributed by atoms with Gasteiger partial charge >= 0.3 is 0 Å². The third-order valence-corrected chi connectivity index (χ3v) is 4.57. The first kappa shape index (κ1) is 16.4. The lowest BCUT2D eigenvalue weighted by molar-refractivity contribution is 0.0854. The van der Waals surface area contributed by atoms with Crippen LogP contribution in [0.2, 0.25) is 0 Å². The van der Waals surface area contributed by atoms with Crippen molar-refractivity contribution in [2.75, 3.05) is 13.7 Å². The summed E-state index contributed by atoms with van der Waals surface area (Å²) in [5.41, 5.74) is 2.19. The smallest absolute Gasteiger partial charge is 0.122 e. The second kappa shape index (κ2) is 6.39. The Hall–Kier alpha value is -1.02. The van der Waals surface area contributed by atoms with Gasteiger partial charge in [0.2, 0.25) is 0 Å². The van der Waals surface area contributed by atoms with Gasteiger partial charge in [-0.3, -0.25) is 0 Å². The van der Waals surface area contributed by atoms with E-state index in [1.807, 2.05) is 12.1 Å². The molecule has 0 heterocycles. The second-order valence-corrected chi connectivity index (χ2v) is 8.13. The van der Waals surface area contributed by atoms with Crippen molar-refractivity contribution in [3.8, 4) is 5.75 Å². The highest BCUT2D eigenvalue weighted by Crippen LogP contribution is 2.45. The van der Waals surface area contributed by atoms with Crippen molar-refractivity contribution in [1.82, 2.24) is 5.32 Å². The molecule has 1 saturated carbocycles. The zero-order valence-electron chi connectivity index (χ0n) is 14.3. The molecule has 0 atom stereocenters. The lowest BCUT2D eigenvalue weighted by atomic mass is 9.63. The van der Waals surface area contributed by atoms with E-state index in [2.05, 4.69) is 45.1 Å². The summed E-state index contributed by atoms with van der Waals surface area (Å²) in [6, 6.07) is 8.96. The van der Waals surface area contributed by atoms with Gasteiger partial charge in [-0.25, -0.2) is 0 Å². The van der Waals surface area contributed by atoms with Gasteiger partial charge in [0, 0.05) is 6.04 Å². The summed E-state index contributed by atoms with van der Waals surface area (Å²) in [5, 5.41) is 3.78. The topological polar surface area (TPSA) is 21.3 Å². The van der Waals surface area contributed by atoms with Crippen LogP contribution in [0.3, 0.4) is 0 Å². The van der Waals surface area contributed by atoms with Crippen LogP contribution in [0.1, 0.15) is 52.5 Å². The van der Waals surface area contributed by atoms with E-state index in [0.717, 1.165) is 18.7 Å². The molecule has 2 rings (SSSR count). The van der Waals surface area contributed by atoms with Crippen LogP contribution in [0.5, 0.6) is 5.75 Å². The van der Waals surface area contributed by atoms with E-state index >= 15 is 0 Å². The number of rotatable bonds is 5. The fourth-order valence-electron chi connectivity index (χ4n) is 4.31. The lowest BCUT2D eigenvalue weighted by Gasteiger charge is -2.45. The lowest BCUT2D eigenvalue weighted by Crippen LogP contribution is -2.44. The summed E-state index contributed by atoms with van der Waals surface area (Å²) in [6.45, 7) is 10.6. The van der Waals surface area contributed by atoms with E-state index in [1.165, 1.54) is 24.8 Å². The van der Waals surface area contributed by atoms with Crippen LogP contribution in [-0.4, -0.2) is 19.7 Å².